The second kappa shape index (κ2) is 9.17. The first kappa shape index (κ1) is 19.6. The number of carbonyl (C=O) groups excluding carboxylic acids is 1. The zero-order valence-electron chi connectivity index (χ0n) is 16.5. The Morgan fingerprint density at radius 3 is 2.59 bits per heavy atom. The van der Waals surface area contributed by atoms with E-state index in [4.69, 9.17) is 4.98 Å². The van der Waals surface area contributed by atoms with E-state index >= 15 is 0 Å². The van der Waals surface area contributed by atoms with E-state index in [9.17, 15) is 4.79 Å². The van der Waals surface area contributed by atoms with Crippen LogP contribution in [0.5, 0.6) is 0 Å². The highest BCUT2D eigenvalue weighted by molar-refractivity contribution is 5.79. The van der Waals surface area contributed by atoms with Gasteiger partial charge in [-0.1, -0.05) is 25.1 Å². The summed E-state index contributed by atoms with van der Waals surface area (Å²) in [6.45, 7) is 8.06. The Kier molecular flexibility index (Phi) is 6.66. The average molecular weight is 371 g/mol. The third-order valence-electron chi connectivity index (χ3n) is 5.49. The van der Waals surface area contributed by atoms with Gasteiger partial charge in [0, 0.05) is 29.6 Å². The molecule has 0 aromatic carbocycles. The summed E-state index contributed by atoms with van der Waals surface area (Å²) in [7, 11) is 0. The Hall–Kier alpha value is -2.15. The third-order valence-corrected chi connectivity index (χ3v) is 5.49. The third kappa shape index (κ3) is 5.19. The Bertz CT molecular complexity index is 707. The minimum atomic E-state index is -0.119. The number of nitrogens with zero attached hydrogens (tertiary/aromatic N) is 4. The molecule has 0 radical (unpaired) electrons. The van der Waals surface area contributed by atoms with Crippen LogP contribution in [0.3, 0.4) is 0 Å². The van der Waals surface area contributed by atoms with Crippen molar-refractivity contribution in [2.45, 2.75) is 58.3 Å². The lowest BCUT2D eigenvalue weighted by molar-refractivity contribution is -0.122. The molecule has 2 aromatic rings. The fourth-order valence-corrected chi connectivity index (χ4v) is 4.03. The first-order valence-electron chi connectivity index (χ1n) is 9.94. The number of tetrazole rings is 1. The maximum absolute atomic E-state index is 12.4. The van der Waals surface area contributed by atoms with Crippen LogP contribution in [0.1, 0.15) is 69.0 Å². The van der Waals surface area contributed by atoms with Gasteiger partial charge >= 0.3 is 0 Å². The van der Waals surface area contributed by atoms with Gasteiger partial charge in [-0.15, -0.1) is 10.2 Å². The zero-order valence-corrected chi connectivity index (χ0v) is 16.5. The molecule has 0 spiro atoms. The number of rotatable bonds is 8. The number of aromatic nitrogens is 5. The number of hydrogen-bond donors (Lipinski definition) is 2. The summed E-state index contributed by atoms with van der Waals surface area (Å²) in [6, 6.07) is 4.29. The van der Waals surface area contributed by atoms with Crippen LogP contribution >= 0.6 is 0 Å². The van der Waals surface area contributed by atoms with E-state index in [0.717, 1.165) is 37.9 Å². The van der Waals surface area contributed by atoms with Gasteiger partial charge in [0.25, 0.3) is 0 Å². The van der Waals surface area contributed by atoms with E-state index in [1.165, 1.54) is 5.69 Å². The first-order chi connectivity index (χ1) is 13.0. The molecule has 27 heavy (non-hydrogen) atoms. The number of carbonyl (C=O) groups is 1. The van der Waals surface area contributed by atoms with E-state index in [0.29, 0.717) is 24.1 Å². The highest BCUT2D eigenvalue weighted by Crippen LogP contribution is 2.32. The van der Waals surface area contributed by atoms with Crippen LogP contribution in [-0.4, -0.2) is 44.5 Å². The highest BCUT2D eigenvalue weighted by Gasteiger charge is 2.31. The van der Waals surface area contributed by atoms with E-state index in [1.807, 2.05) is 6.20 Å². The minimum Gasteiger partial charge on any atom is -0.317 e. The fraction of sp³-hybridized carbons (Fsp3) is 0.650. The molecule has 0 unspecified atom stereocenters. The van der Waals surface area contributed by atoms with Gasteiger partial charge in [0.05, 0.1) is 0 Å². The van der Waals surface area contributed by atoms with Gasteiger partial charge in [0.1, 0.15) is 5.78 Å². The summed E-state index contributed by atoms with van der Waals surface area (Å²) < 4.78 is 0. The molecule has 146 valence electrons. The molecule has 2 N–H and O–H groups in total. The van der Waals surface area contributed by atoms with Gasteiger partial charge in [-0.05, 0) is 63.2 Å². The molecule has 1 aliphatic rings. The number of pyridine rings is 1. The topological polar surface area (TPSA) is 96.5 Å². The van der Waals surface area contributed by atoms with Crippen molar-refractivity contribution >= 4 is 5.78 Å². The predicted octanol–water partition coefficient (Wildman–Crippen LogP) is 2.64. The zero-order chi connectivity index (χ0) is 19.2. The number of aromatic amines is 1. The van der Waals surface area contributed by atoms with E-state index in [1.54, 1.807) is 6.92 Å². The van der Waals surface area contributed by atoms with Gasteiger partial charge < -0.3 is 5.32 Å². The van der Waals surface area contributed by atoms with Crippen molar-refractivity contribution in [1.82, 2.24) is 30.9 Å². The molecule has 7 nitrogen and oxygen atoms in total. The summed E-state index contributed by atoms with van der Waals surface area (Å²) in [4.78, 5) is 17.1. The largest absolute Gasteiger partial charge is 0.317 e. The minimum absolute atomic E-state index is 0.0878. The number of hydrogen-bond acceptors (Lipinski definition) is 6. The second-order valence-electron chi connectivity index (χ2n) is 8.04. The molecule has 0 amide bonds. The standard InChI is InChI=1S/C20H30N6O/c1-13(2)10-17(14(3)27)18(20-23-25-26-24-20)11-15-4-5-19(22-12-15)16-6-8-21-9-7-16/h4-5,12-13,16-18,21H,6-11H2,1-3H3,(H,23,24,25,26)/t17-,18+/m1/s1. The average Bonchev–Trinajstić information content (AvgIpc) is 3.20. The van der Waals surface area contributed by atoms with Crippen LogP contribution in [0.4, 0.5) is 0 Å². The predicted molar refractivity (Wildman–Crippen MR) is 103 cm³/mol. The van der Waals surface area contributed by atoms with E-state index in [2.05, 4.69) is 51.9 Å². The summed E-state index contributed by atoms with van der Waals surface area (Å²) >= 11 is 0. The lowest BCUT2D eigenvalue weighted by atomic mass is 9.79. The Balaban J connectivity index is 1.78. The smallest absolute Gasteiger partial charge is 0.178 e. The molecule has 0 aliphatic carbocycles. The molecular weight excluding hydrogens is 340 g/mol. The Morgan fingerprint density at radius 1 is 1.26 bits per heavy atom. The molecular formula is C20H30N6O. The molecule has 3 heterocycles. The van der Waals surface area contributed by atoms with Gasteiger partial charge in [-0.25, -0.2) is 0 Å². The van der Waals surface area contributed by atoms with Crippen molar-refractivity contribution < 1.29 is 4.79 Å². The van der Waals surface area contributed by atoms with Crippen molar-refractivity contribution in [2.24, 2.45) is 11.8 Å². The molecule has 1 fully saturated rings. The Morgan fingerprint density at radius 2 is 2.04 bits per heavy atom. The summed E-state index contributed by atoms with van der Waals surface area (Å²) in [5.74, 6) is 1.55. The van der Waals surface area contributed by atoms with Gasteiger partial charge in [-0.3, -0.25) is 9.78 Å². The van der Waals surface area contributed by atoms with E-state index in [-0.39, 0.29) is 17.6 Å². The first-order valence-corrected chi connectivity index (χ1v) is 9.94. The summed E-state index contributed by atoms with van der Waals surface area (Å²) in [6.07, 6.45) is 5.74. The fourth-order valence-electron chi connectivity index (χ4n) is 4.03. The van der Waals surface area contributed by atoms with Crippen molar-refractivity contribution in [3.8, 4) is 0 Å². The number of H-pyrrole nitrogens is 1. The molecule has 2 atom stereocenters. The van der Waals surface area contributed by atoms with Gasteiger partial charge in [0.15, 0.2) is 5.82 Å². The van der Waals surface area contributed by atoms with Crippen molar-refractivity contribution in [3.05, 3.63) is 35.4 Å². The van der Waals surface area contributed by atoms with Crippen LogP contribution in [0.2, 0.25) is 0 Å². The van der Waals surface area contributed by atoms with Crippen LogP contribution < -0.4 is 5.32 Å². The molecule has 7 heteroatoms. The number of Topliss-reactive ketones (excluding diaryl/α,β-unsaturated/α-hetero) is 1. The number of ketones is 1. The van der Waals surface area contributed by atoms with Crippen LogP contribution in [-0.2, 0) is 11.2 Å². The second-order valence-corrected chi connectivity index (χ2v) is 8.04. The quantitative estimate of drug-likeness (QED) is 0.741. The number of piperidine rings is 1. The van der Waals surface area contributed by atoms with Gasteiger partial charge in [-0.2, -0.15) is 5.21 Å². The Labute approximate surface area is 160 Å². The molecule has 3 rings (SSSR count). The molecule has 2 aromatic heterocycles. The maximum Gasteiger partial charge on any atom is 0.178 e. The van der Waals surface area contributed by atoms with E-state index < -0.39 is 0 Å². The van der Waals surface area contributed by atoms with Crippen LogP contribution in [0, 0.1) is 11.8 Å². The molecule has 0 saturated carbocycles. The number of nitrogens with one attached hydrogen (secondary N) is 2. The normalized spacial score (nSPS) is 17.8. The monoisotopic (exact) mass is 370 g/mol. The lowest BCUT2D eigenvalue weighted by Gasteiger charge is -2.25. The van der Waals surface area contributed by atoms with Crippen molar-refractivity contribution in [3.63, 3.8) is 0 Å². The highest BCUT2D eigenvalue weighted by atomic mass is 16.1. The molecule has 1 aliphatic heterocycles. The lowest BCUT2D eigenvalue weighted by Crippen LogP contribution is -2.27. The molecule has 0 bridgehead atoms. The van der Waals surface area contributed by atoms with Crippen LogP contribution in [0.15, 0.2) is 18.3 Å². The summed E-state index contributed by atoms with van der Waals surface area (Å²) in [5.41, 5.74) is 2.28. The van der Waals surface area contributed by atoms with Crippen molar-refractivity contribution in [1.29, 1.82) is 0 Å². The van der Waals surface area contributed by atoms with Gasteiger partial charge in [0.2, 0.25) is 0 Å². The SMILES string of the molecule is CC(=O)[C@@H](CC(C)C)[C@H](Cc1ccc(C2CCNCC2)nc1)c1nn[nH]n1. The summed E-state index contributed by atoms with van der Waals surface area (Å²) in [5, 5.41) is 18.0. The maximum atomic E-state index is 12.4. The molecule has 1 saturated heterocycles. The van der Waals surface area contributed by atoms with Crippen LogP contribution in [0.25, 0.3) is 0 Å². The van der Waals surface area contributed by atoms with Crippen molar-refractivity contribution in [2.75, 3.05) is 13.1 Å².